The number of nitrogens with zero attached hydrogens (tertiary/aromatic N) is 12. The van der Waals surface area contributed by atoms with E-state index < -0.39 is 0 Å². The summed E-state index contributed by atoms with van der Waals surface area (Å²) < 4.78 is 8.19. The van der Waals surface area contributed by atoms with Gasteiger partial charge in [-0.15, -0.1) is 0 Å². The molecule has 0 fully saturated rings. The zero-order valence-electron chi connectivity index (χ0n) is 43.0. The van der Waals surface area contributed by atoms with E-state index in [-0.39, 0.29) is 0 Å². The van der Waals surface area contributed by atoms with Crippen LogP contribution in [-0.2, 0) is 21.0 Å². The van der Waals surface area contributed by atoms with Crippen molar-refractivity contribution in [1.29, 1.82) is 0 Å². The average Bonchev–Trinajstić information content (AvgIpc) is 4.09. The van der Waals surface area contributed by atoms with Gasteiger partial charge in [0.1, 0.15) is 23.0 Å². The van der Waals surface area contributed by atoms with Gasteiger partial charge < -0.3 is 29.9 Å². The third-order valence-electron chi connectivity index (χ3n) is 15.3. The van der Waals surface area contributed by atoms with Crippen LogP contribution >= 0.6 is 0 Å². The Kier molecular flexibility index (Phi) is 10.9. The second-order valence-corrected chi connectivity index (χ2v) is 19.9. The monoisotopic (exact) mass is 1090 g/mol. The van der Waals surface area contributed by atoms with E-state index in [1.165, 1.54) is 0 Å². The summed E-state index contributed by atoms with van der Waals surface area (Å²) in [5, 5.41) is 5.11. The van der Waals surface area contributed by atoms with Crippen molar-refractivity contribution in [3.8, 4) is 90.3 Å². The maximum absolute atomic E-state index is 8.19. The van der Waals surface area contributed by atoms with E-state index >= 15 is 0 Å². The molecule has 2 aliphatic rings. The molecule has 13 nitrogen and oxygen atoms in total. The van der Waals surface area contributed by atoms with E-state index in [0.717, 1.165) is 105 Å². The van der Waals surface area contributed by atoms with Crippen LogP contribution in [0, 0.1) is 0 Å². The predicted molar refractivity (Wildman–Crippen MR) is 318 cm³/mol. The molecule has 8 aromatic carbocycles. The van der Waals surface area contributed by atoms with Gasteiger partial charge >= 0.3 is 21.0 Å². The number of pyridine rings is 4. The van der Waals surface area contributed by atoms with Gasteiger partial charge in [0.05, 0.1) is 44.7 Å². The first kappa shape index (κ1) is 47.2. The first-order chi connectivity index (χ1) is 40.7. The largest absolute Gasteiger partial charge is 0.356 e. The molecule has 0 atom stereocenters. The van der Waals surface area contributed by atoms with Crippen LogP contribution in [0.2, 0.25) is 0 Å². The molecule has 7 aromatic heterocycles. The van der Waals surface area contributed by atoms with Crippen molar-refractivity contribution in [3.05, 3.63) is 218 Å². The van der Waals surface area contributed by atoms with Crippen LogP contribution < -0.4 is 9.97 Å². The molecule has 0 radical (unpaired) electrons. The molecule has 9 heterocycles. The fourth-order valence-corrected chi connectivity index (χ4v) is 11.9. The van der Waals surface area contributed by atoms with Gasteiger partial charge in [-0.3, -0.25) is 0 Å². The predicted octanol–water partition coefficient (Wildman–Crippen LogP) is 14.9. The summed E-state index contributed by atoms with van der Waals surface area (Å²) in [6.45, 7) is 0. The van der Waals surface area contributed by atoms with Gasteiger partial charge in [-0.2, -0.15) is 0 Å². The van der Waals surface area contributed by atoms with Gasteiger partial charge in [0.2, 0.25) is 0 Å². The van der Waals surface area contributed by atoms with Crippen LogP contribution in [0.4, 0.5) is 0 Å². The van der Waals surface area contributed by atoms with Crippen LogP contribution in [0.1, 0.15) is 0 Å². The van der Waals surface area contributed by atoms with Crippen LogP contribution in [0.15, 0.2) is 218 Å². The minimum atomic E-state index is 0.317. The molecular weight excluding hydrogens is 1050 g/mol. The third-order valence-corrected chi connectivity index (χ3v) is 15.3. The van der Waals surface area contributed by atoms with E-state index in [0.29, 0.717) is 90.2 Å². The Morgan fingerprint density at radius 2 is 0.524 bits per heavy atom. The minimum absolute atomic E-state index is 0.317. The van der Waals surface area contributed by atoms with E-state index in [9.17, 15) is 0 Å². The molecule has 15 aromatic rings. The van der Waals surface area contributed by atoms with Crippen molar-refractivity contribution in [2.24, 2.45) is 0 Å². The van der Waals surface area contributed by atoms with Crippen LogP contribution in [0.3, 0.4) is 0 Å². The first-order valence-corrected chi connectivity index (χ1v) is 27.1. The molecule has 8 bridgehead atoms. The SMILES string of the molecule is [O]=[V+2].c1ccc(-c2c3c(nc4ccccc24)-c2nc-3nc3[n-]c(nc4nc(nc5[n-]c(n2)c2c(-c6ccccc6)c6ccccc6nc52)-c2c-4nc4ccccc4c2-c2ccccc2)c2c(-c4ccccc4)c4ccccc4nc32)cc1. The van der Waals surface area contributed by atoms with Gasteiger partial charge in [0, 0.05) is 88.3 Å². The summed E-state index contributed by atoms with van der Waals surface area (Å²) in [6, 6.07) is 73.8. The maximum Gasteiger partial charge on any atom is 0.112 e. The molecule has 0 N–H and O–H groups in total. The summed E-state index contributed by atoms with van der Waals surface area (Å²) >= 11 is 1.06. The van der Waals surface area contributed by atoms with E-state index in [4.69, 9.17) is 63.5 Å². The molecule has 379 valence electrons. The number of aromatic nitrogens is 12. The van der Waals surface area contributed by atoms with Crippen LogP contribution in [0.5, 0.6) is 0 Å². The molecule has 0 saturated heterocycles. The Morgan fingerprint density at radius 1 is 0.244 bits per heavy atom. The van der Waals surface area contributed by atoms with Gasteiger partial charge in [0.15, 0.2) is 0 Å². The molecule has 0 aliphatic carbocycles. The molecule has 0 unspecified atom stereocenters. The Labute approximate surface area is 474 Å². The normalized spacial score (nSPS) is 11.8. The number of benzene rings is 8. The summed E-state index contributed by atoms with van der Waals surface area (Å²) in [7, 11) is 0. The fourth-order valence-electron chi connectivity index (χ4n) is 11.9. The molecule has 14 heteroatoms. The third kappa shape index (κ3) is 7.34. The second-order valence-electron chi connectivity index (χ2n) is 19.9. The topological polar surface area (TPSA) is 174 Å². The summed E-state index contributed by atoms with van der Waals surface area (Å²) in [5.74, 6) is 1.35. The molecule has 0 saturated carbocycles. The van der Waals surface area contributed by atoms with Gasteiger partial charge in [-0.1, -0.05) is 194 Å². The van der Waals surface area contributed by atoms with E-state index in [2.05, 4.69) is 72.8 Å². The van der Waals surface area contributed by atoms with Crippen molar-refractivity contribution in [2.45, 2.75) is 0 Å². The second kappa shape index (κ2) is 18.9. The van der Waals surface area contributed by atoms with Crippen molar-refractivity contribution in [1.82, 2.24) is 59.8 Å². The van der Waals surface area contributed by atoms with Crippen LogP contribution in [-0.4, -0.2) is 49.8 Å². The number of hydrogen-bond acceptors (Lipinski definition) is 11. The molecule has 17 rings (SSSR count). The van der Waals surface area contributed by atoms with E-state index in [1.54, 1.807) is 0 Å². The van der Waals surface area contributed by atoms with E-state index in [1.807, 2.05) is 146 Å². The van der Waals surface area contributed by atoms with Crippen molar-refractivity contribution in [2.75, 3.05) is 0 Å². The molecule has 2 aliphatic heterocycles. The summed E-state index contributed by atoms with van der Waals surface area (Å²) in [5.41, 5.74) is 15.4. The average molecular weight is 1090 g/mol. The maximum atomic E-state index is 8.19. The molecular formula is C68H36N12OV. The quantitative estimate of drug-likeness (QED) is 0.163. The summed E-state index contributed by atoms with van der Waals surface area (Å²) in [6.07, 6.45) is 0. The Morgan fingerprint density at radius 3 is 0.878 bits per heavy atom. The van der Waals surface area contributed by atoms with Gasteiger partial charge in [-0.25, -0.2) is 29.9 Å². The van der Waals surface area contributed by atoms with Gasteiger partial charge in [0.25, 0.3) is 0 Å². The zero-order valence-corrected chi connectivity index (χ0v) is 44.4. The molecule has 0 spiro atoms. The van der Waals surface area contributed by atoms with Crippen molar-refractivity contribution >= 4 is 88.0 Å². The molecule has 0 amide bonds. The number of para-hydroxylation sites is 4. The number of fused-ring (bicyclic) bond motifs is 24. The standard InChI is InChI=1S/C68H36N12.O.V/c1-5-21-37(22-6-1)49-41-29-13-17-33-45(41)69-57-53(49)61-73-65(57)78-62-55-51(39-25-9-3-10-26-39)43-31-15-19-35-47(43)71-59(55)67(75-62)80-64-56-52(40-27-11-4-12-28-40)44-32-16-20-36-48(44)72-60(56)68(76-64)79-63-54-50(38-23-7-2-8-24-38)42-30-14-18-34-46(42)70-58(54)66(74-63)77-61;;/h1-36H;;/q-2;;+2. The summed E-state index contributed by atoms with van der Waals surface area (Å²) in [4.78, 5) is 65.7. The van der Waals surface area contributed by atoms with Crippen molar-refractivity contribution in [3.63, 3.8) is 0 Å². The van der Waals surface area contributed by atoms with Crippen molar-refractivity contribution < 1.29 is 21.0 Å². The Balaban J connectivity index is 0.00000274. The fraction of sp³-hybridized carbons (Fsp3) is 0. The zero-order chi connectivity index (χ0) is 54.4. The minimum Gasteiger partial charge on any atom is -0.356 e. The van der Waals surface area contributed by atoms with Gasteiger partial charge in [-0.05, 0) is 46.5 Å². The first-order valence-electron chi connectivity index (χ1n) is 26.5. The number of hydrogen-bond donors (Lipinski definition) is 0. The van der Waals surface area contributed by atoms with Crippen LogP contribution in [0.25, 0.3) is 178 Å². The smallest absolute Gasteiger partial charge is 0.112 e. The number of rotatable bonds is 4. The Bertz CT molecular complexity index is 5000. The Hall–Kier alpha value is -10.9. The molecule has 82 heavy (non-hydrogen) atoms.